The van der Waals surface area contributed by atoms with E-state index in [1.807, 2.05) is 26.0 Å². The molecule has 0 saturated carbocycles. The molecule has 1 aromatic heterocycles. The van der Waals surface area contributed by atoms with Gasteiger partial charge in [0, 0.05) is 37.0 Å². The van der Waals surface area contributed by atoms with E-state index in [-0.39, 0.29) is 11.8 Å². The van der Waals surface area contributed by atoms with Crippen LogP contribution in [0.5, 0.6) is 0 Å². The van der Waals surface area contributed by atoms with Crippen molar-refractivity contribution in [1.82, 2.24) is 15.6 Å². The van der Waals surface area contributed by atoms with E-state index in [1.165, 1.54) is 0 Å². The van der Waals surface area contributed by atoms with Gasteiger partial charge in [-0.1, -0.05) is 12.1 Å². The van der Waals surface area contributed by atoms with Crippen molar-refractivity contribution in [3.63, 3.8) is 0 Å². The van der Waals surface area contributed by atoms with Crippen LogP contribution in [0.15, 0.2) is 42.6 Å². The number of amides is 2. The Hall–Kier alpha value is -2.89. The lowest BCUT2D eigenvalue weighted by Gasteiger charge is -2.08. The molecule has 0 fully saturated rings. The molecule has 0 aliphatic heterocycles. The number of nitrogens with one attached hydrogen (secondary N) is 3. The maximum Gasteiger partial charge on any atom is 0.251 e. The lowest BCUT2D eigenvalue weighted by molar-refractivity contribution is 0.0947. The lowest BCUT2D eigenvalue weighted by Crippen LogP contribution is -2.24. The third kappa shape index (κ3) is 4.81. The van der Waals surface area contributed by atoms with Gasteiger partial charge in [-0.25, -0.2) is 4.98 Å². The van der Waals surface area contributed by atoms with Crippen molar-refractivity contribution >= 4 is 17.6 Å². The number of anilines is 1. The molecule has 2 aromatic rings. The fourth-order valence-electron chi connectivity index (χ4n) is 2.22. The van der Waals surface area contributed by atoms with E-state index in [2.05, 4.69) is 20.9 Å². The SMILES string of the molecule is CCNC(=O)c1cccc(CNC(=O)c2ccnc(NCC)c2)c1. The van der Waals surface area contributed by atoms with E-state index >= 15 is 0 Å². The van der Waals surface area contributed by atoms with E-state index in [4.69, 9.17) is 0 Å². The highest BCUT2D eigenvalue weighted by molar-refractivity contribution is 5.95. The average molecular weight is 326 g/mol. The normalized spacial score (nSPS) is 10.1. The van der Waals surface area contributed by atoms with Crippen molar-refractivity contribution in [3.05, 3.63) is 59.3 Å². The molecule has 0 atom stereocenters. The van der Waals surface area contributed by atoms with Gasteiger partial charge in [0.2, 0.25) is 0 Å². The van der Waals surface area contributed by atoms with Gasteiger partial charge in [0.15, 0.2) is 0 Å². The average Bonchev–Trinajstić information content (AvgIpc) is 2.60. The number of hydrogen-bond acceptors (Lipinski definition) is 4. The van der Waals surface area contributed by atoms with Crippen molar-refractivity contribution in [1.29, 1.82) is 0 Å². The van der Waals surface area contributed by atoms with Crippen molar-refractivity contribution in [2.24, 2.45) is 0 Å². The van der Waals surface area contributed by atoms with Gasteiger partial charge in [0.05, 0.1) is 0 Å². The number of nitrogens with zero attached hydrogens (tertiary/aromatic N) is 1. The number of pyridine rings is 1. The Kier molecular flexibility index (Phi) is 6.31. The molecule has 2 rings (SSSR count). The summed E-state index contributed by atoms with van der Waals surface area (Å²) in [6.07, 6.45) is 1.60. The molecule has 0 unspecified atom stereocenters. The number of aromatic nitrogens is 1. The number of rotatable bonds is 7. The monoisotopic (exact) mass is 326 g/mol. The smallest absolute Gasteiger partial charge is 0.251 e. The van der Waals surface area contributed by atoms with E-state index < -0.39 is 0 Å². The molecule has 0 radical (unpaired) electrons. The Labute approximate surface area is 141 Å². The third-order valence-electron chi connectivity index (χ3n) is 3.36. The zero-order chi connectivity index (χ0) is 17.4. The highest BCUT2D eigenvalue weighted by Gasteiger charge is 2.08. The minimum absolute atomic E-state index is 0.116. The standard InChI is InChI=1S/C18H22N4O2/c1-3-19-16-11-15(8-9-21-16)18(24)22-12-13-6-5-7-14(10-13)17(23)20-4-2/h5-11H,3-4,12H2,1-2H3,(H,19,21)(H,20,23)(H,22,24). The number of carbonyl (C=O) groups is 2. The summed E-state index contributed by atoms with van der Waals surface area (Å²) in [5.74, 6) is 0.374. The maximum absolute atomic E-state index is 12.2. The van der Waals surface area contributed by atoms with E-state index in [0.717, 1.165) is 12.1 Å². The molecule has 1 aromatic carbocycles. The molecule has 0 aliphatic carbocycles. The molecule has 2 amide bonds. The van der Waals surface area contributed by atoms with Crippen LogP contribution in [0.4, 0.5) is 5.82 Å². The van der Waals surface area contributed by atoms with Crippen molar-refractivity contribution in [2.75, 3.05) is 18.4 Å². The van der Waals surface area contributed by atoms with Gasteiger partial charge >= 0.3 is 0 Å². The second-order valence-corrected chi connectivity index (χ2v) is 5.20. The Bertz CT molecular complexity index is 716. The van der Waals surface area contributed by atoms with Gasteiger partial charge in [0.1, 0.15) is 5.82 Å². The number of hydrogen-bond donors (Lipinski definition) is 3. The van der Waals surface area contributed by atoms with E-state index in [9.17, 15) is 9.59 Å². The molecular formula is C18H22N4O2. The first-order chi connectivity index (χ1) is 11.6. The third-order valence-corrected chi connectivity index (χ3v) is 3.36. The fraction of sp³-hybridized carbons (Fsp3) is 0.278. The van der Waals surface area contributed by atoms with E-state index in [1.54, 1.807) is 30.5 Å². The van der Waals surface area contributed by atoms with Gasteiger partial charge in [-0.2, -0.15) is 0 Å². The largest absolute Gasteiger partial charge is 0.370 e. The minimum Gasteiger partial charge on any atom is -0.370 e. The summed E-state index contributed by atoms with van der Waals surface area (Å²) in [5.41, 5.74) is 2.00. The number of carbonyl (C=O) groups excluding carboxylic acids is 2. The van der Waals surface area contributed by atoms with Crippen LogP contribution in [0.2, 0.25) is 0 Å². The Balaban J connectivity index is 2.00. The van der Waals surface area contributed by atoms with Crippen LogP contribution < -0.4 is 16.0 Å². The van der Waals surface area contributed by atoms with Gasteiger partial charge in [-0.15, -0.1) is 0 Å². The molecule has 0 aliphatic rings. The first kappa shape index (κ1) is 17.5. The van der Waals surface area contributed by atoms with Gasteiger partial charge in [-0.3, -0.25) is 9.59 Å². The summed E-state index contributed by atoms with van der Waals surface area (Å²) in [4.78, 5) is 28.2. The maximum atomic E-state index is 12.2. The summed E-state index contributed by atoms with van der Waals surface area (Å²) in [7, 11) is 0. The van der Waals surface area contributed by atoms with Crippen LogP contribution in [0.3, 0.4) is 0 Å². The molecule has 6 nitrogen and oxygen atoms in total. The highest BCUT2D eigenvalue weighted by Crippen LogP contribution is 2.08. The number of benzene rings is 1. The Morgan fingerprint density at radius 1 is 0.958 bits per heavy atom. The summed E-state index contributed by atoms with van der Waals surface area (Å²) in [6.45, 7) is 5.51. The topological polar surface area (TPSA) is 83.1 Å². The minimum atomic E-state index is -0.181. The molecule has 3 N–H and O–H groups in total. The van der Waals surface area contributed by atoms with Crippen LogP contribution in [0, 0.1) is 0 Å². The second kappa shape index (κ2) is 8.67. The molecule has 1 heterocycles. The summed E-state index contributed by atoms with van der Waals surface area (Å²) in [6, 6.07) is 10.6. The van der Waals surface area contributed by atoms with Gasteiger partial charge in [-0.05, 0) is 43.7 Å². The van der Waals surface area contributed by atoms with Crippen LogP contribution in [0.25, 0.3) is 0 Å². The van der Waals surface area contributed by atoms with Crippen LogP contribution in [-0.2, 0) is 6.54 Å². The molecule has 24 heavy (non-hydrogen) atoms. The Morgan fingerprint density at radius 2 is 1.71 bits per heavy atom. The summed E-state index contributed by atoms with van der Waals surface area (Å²) < 4.78 is 0. The summed E-state index contributed by atoms with van der Waals surface area (Å²) >= 11 is 0. The Morgan fingerprint density at radius 3 is 2.46 bits per heavy atom. The van der Waals surface area contributed by atoms with E-state index in [0.29, 0.717) is 30.0 Å². The van der Waals surface area contributed by atoms with Crippen LogP contribution >= 0.6 is 0 Å². The van der Waals surface area contributed by atoms with Crippen LogP contribution in [-0.4, -0.2) is 29.9 Å². The van der Waals surface area contributed by atoms with Crippen molar-refractivity contribution in [2.45, 2.75) is 20.4 Å². The van der Waals surface area contributed by atoms with Gasteiger partial charge < -0.3 is 16.0 Å². The molecule has 126 valence electrons. The van der Waals surface area contributed by atoms with Crippen LogP contribution in [0.1, 0.15) is 40.1 Å². The van der Waals surface area contributed by atoms with Gasteiger partial charge in [0.25, 0.3) is 11.8 Å². The van der Waals surface area contributed by atoms with Crippen molar-refractivity contribution in [3.8, 4) is 0 Å². The molecular weight excluding hydrogens is 304 g/mol. The highest BCUT2D eigenvalue weighted by atomic mass is 16.2. The summed E-state index contributed by atoms with van der Waals surface area (Å²) in [5, 5.41) is 8.69. The molecule has 0 saturated heterocycles. The second-order valence-electron chi connectivity index (χ2n) is 5.20. The first-order valence-electron chi connectivity index (χ1n) is 7.99. The predicted octanol–water partition coefficient (Wildman–Crippen LogP) is 2.19. The quantitative estimate of drug-likeness (QED) is 0.728. The lowest BCUT2D eigenvalue weighted by atomic mass is 10.1. The molecule has 6 heteroatoms. The predicted molar refractivity (Wildman–Crippen MR) is 94.0 cm³/mol. The zero-order valence-corrected chi connectivity index (χ0v) is 13.9. The molecule has 0 spiro atoms. The zero-order valence-electron chi connectivity index (χ0n) is 13.9. The fourth-order valence-corrected chi connectivity index (χ4v) is 2.22. The first-order valence-corrected chi connectivity index (χ1v) is 7.99. The van der Waals surface area contributed by atoms with Crippen molar-refractivity contribution < 1.29 is 9.59 Å². The molecule has 0 bridgehead atoms.